The Bertz CT molecular complexity index is 4290. The number of likely N-dealkylation sites (N-methyl/N-ethyl adjacent to an activating group) is 1. The maximum absolute atomic E-state index is 16.1. The summed E-state index contributed by atoms with van der Waals surface area (Å²) in [6.45, 7) is 7.29. The van der Waals surface area contributed by atoms with Crippen molar-refractivity contribution in [3.63, 3.8) is 0 Å². The molecular formula is C71H83Cl2N9O26. The highest BCUT2D eigenvalue weighted by atomic mass is 35.5. The molecule has 582 valence electrons. The third-order valence-corrected chi connectivity index (χ3v) is 19.5. The van der Waals surface area contributed by atoms with E-state index in [1.807, 2.05) is 13.8 Å². The second kappa shape index (κ2) is 33.8. The number of amides is 7. The van der Waals surface area contributed by atoms with E-state index in [1.54, 1.807) is 13.8 Å². The highest BCUT2D eigenvalue weighted by Gasteiger charge is 2.52. The van der Waals surface area contributed by atoms with Gasteiger partial charge < -0.3 is 132 Å². The van der Waals surface area contributed by atoms with E-state index in [4.69, 9.17) is 62.1 Å². The van der Waals surface area contributed by atoms with Crippen molar-refractivity contribution in [2.75, 3.05) is 26.8 Å². The zero-order valence-electron chi connectivity index (χ0n) is 58.7. The van der Waals surface area contributed by atoms with Crippen molar-refractivity contribution in [1.29, 1.82) is 0 Å². The molecule has 35 nitrogen and oxygen atoms in total. The van der Waals surface area contributed by atoms with Crippen molar-refractivity contribution >= 4 is 76.5 Å². The summed E-state index contributed by atoms with van der Waals surface area (Å²) in [6, 6.07) is -0.846. The number of carboxylic acid groups (broad SMARTS) is 1. The molecule has 37 heteroatoms. The lowest BCUT2D eigenvalue weighted by Crippen LogP contribution is -2.65. The van der Waals surface area contributed by atoms with Gasteiger partial charge in [-0.3, -0.25) is 38.4 Å². The lowest BCUT2D eigenvalue weighted by Gasteiger charge is -2.48. The topological polar surface area (TPSA) is 543 Å². The Morgan fingerprint density at radius 2 is 1.34 bits per heavy atom. The third kappa shape index (κ3) is 17.7. The van der Waals surface area contributed by atoms with Crippen LogP contribution in [0.1, 0.15) is 118 Å². The number of ether oxygens (including phenoxy) is 7. The molecule has 11 bridgehead atoms. The Hall–Kier alpha value is -9.73. The molecular weight excluding hydrogens is 1470 g/mol. The maximum Gasteiger partial charge on any atom is 0.330 e. The zero-order chi connectivity index (χ0) is 78.7. The Kier molecular flexibility index (Phi) is 25.3. The molecule has 2 fully saturated rings. The van der Waals surface area contributed by atoms with Crippen molar-refractivity contribution < 1.29 is 127 Å². The summed E-state index contributed by atoms with van der Waals surface area (Å²) < 4.78 is 44.1. The van der Waals surface area contributed by atoms with Crippen molar-refractivity contribution in [3.8, 4) is 57.1 Å². The van der Waals surface area contributed by atoms with Gasteiger partial charge in [-0.05, 0) is 110 Å². The summed E-state index contributed by atoms with van der Waals surface area (Å²) in [4.78, 5) is 129. The number of nitrogens with two attached hydrogens (primary N) is 1. The molecule has 0 aliphatic carbocycles. The number of aliphatic hydroxyl groups excluding tert-OH is 6. The van der Waals surface area contributed by atoms with Crippen LogP contribution in [0.25, 0.3) is 11.1 Å². The molecule has 0 radical (unpaired) electrons. The fourth-order valence-corrected chi connectivity index (χ4v) is 13.7. The lowest BCUT2D eigenvalue weighted by atomic mass is 9.85. The Morgan fingerprint density at radius 3 is 1.94 bits per heavy atom. The van der Waals surface area contributed by atoms with Crippen molar-refractivity contribution in [2.24, 2.45) is 11.7 Å². The van der Waals surface area contributed by atoms with Crippen LogP contribution in [0.15, 0.2) is 78.9 Å². The molecule has 7 aliphatic rings. The predicted molar refractivity (Wildman–Crippen MR) is 374 cm³/mol. The number of carbonyl (C=O) groups excluding carboxylic acids is 8. The number of carboxylic acids is 1. The first-order valence-electron chi connectivity index (χ1n) is 34.2. The van der Waals surface area contributed by atoms with Crippen LogP contribution in [0, 0.1) is 5.92 Å². The summed E-state index contributed by atoms with van der Waals surface area (Å²) in [5.41, 5.74) is 1.55. The lowest BCUT2D eigenvalue weighted by molar-refractivity contribution is -0.334. The number of carbonyl (C=O) groups is 9. The van der Waals surface area contributed by atoms with Gasteiger partial charge in [0.15, 0.2) is 29.9 Å². The number of hydrogen-bond donors (Lipinski definition) is 19. The van der Waals surface area contributed by atoms with Crippen LogP contribution in [0.3, 0.4) is 0 Å². The minimum Gasteiger partial charge on any atom is -0.508 e. The quantitative estimate of drug-likeness (QED) is 0.0424. The largest absolute Gasteiger partial charge is 0.508 e. The van der Waals surface area contributed by atoms with Crippen LogP contribution in [0.2, 0.25) is 10.0 Å². The third-order valence-electron chi connectivity index (χ3n) is 18.9. The van der Waals surface area contributed by atoms with Gasteiger partial charge in [-0.2, -0.15) is 0 Å². The molecule has 0 spiro atoms. The van der Waals surface area contributed by atoms with E-state index in [-0.39, 0.29) is 65.8 Å². The van der Waals surface area contributed by atoms with Crippen LogP contribution in [0.4, 0.5) is 0 Å². The minimum atomic E-state index is -2.37. The van der Waals surface area contributed by atoms with E-state index in [2.05, 4.69) is 42.5 Å². The SMILES string of the molecule is CCC(=O)OCCN[C@@]1(C)C[C@H](O[C@H]2[C@H](Oc3c4cc5cc3Oc3ccc(cc3Cl)[C@@H](O)[C@@H](NC(=O)[C@@H](CC(C)C)NC)C(=O)N[C@@H](CC(N)=O)C(=O)N[C@H]5C(=O)N[C@H]3C(=O)N[C@H](C(=O)N[C@@H](C(=O)O)c5cc(O)cc(O)c5-c5cc3ccc5O)[C@H](O)c3ccc(c(Cl)c3)O4)O[C@H](CO)[C@@H](O)[C@@H]2O)O[C@@H](C)[C@H]1O. The molecule has 7 amide bonds. The highest BCUT2D eigenvalue weighted by molar-refractivity contribution is 6.32. The van der Waals surface area contributed by atoms with Crippen LogP contribution < -0.4 is 62.5 Å². The number of aliphatic carboxylic acids is 1. The van der Waals surface area contributed by atoms with E-state index < -0.39 is 243 Å². The average Bonchev–Trinajstić information content (AvgIpc) is 0.766. The summed E-state index contributed by atoms with van der Waals surface area (Å²) >= 11 is 14.2. The first kappa shape index (κ1) is 80.8. The molecule has 2 saturated heterocycles. The summed E-state index contributed by atoms with van der Waals surface area (Å²) in [5.74, 6) is -16.7. The molecule has 7 aliphatic heterocycles. The average molecular weight is 1550 g/mol. The second-order valence-electron chi connectivity index (χ2n) is 27.1. The molecule has 0 aromatic heterocycles. The van der Waals surface area contributed by atoms with Gasteiger partial charge in [0, 0.05) is 47.7 Å². The molecule has 0 unspecified atom stereocenters. The van der Waals surface area contributed by atoms with Gasteiger partial charge in [-0.1, -0.05) is 62.2 Å². The predicted octanol–water partition coefficient (Wildman–Crippen LogP) is 0.690. The number of esters is 1. The molecule has 7 heterocycles. The summed E-state index contributed by atoms with van der Waals surface area (Å²) in [7, 11) is 1.47. The van der Waals surface area contributed by atoms with Crippen LogP contribution in [-0.4, -0.2) is 210 Å². The van der Waals surface area contributed by atoms with Crippen LogP contribution in [-0.2, 0) is 62.1 Å². The molecule has 0 saturated carbocycles. The van der Waals surface area contributed by atoms with E-state index in [1.165, 1.54) is 26.1 Å². The number of aromatic hydroxyl groups is 3. The minimum absolute atomic E-state index is 0.0286. The number of halogens is 2. The van der Waals surface area contributed by atoms with Crippen LogP contribution >= 0.6 is 23.2 Å². The Morgan fingerprint density at radius 1 is 0.722 bits per heavy atom. The molecule has 5 aromatic carbocycles. The zero-order valence-corrected chi connectivity index (χ0v) is 60.2. The van der Waals surface area contributed by atoms with E-state index in [0.29, 0.717) is 0 Å². The fourth-order valence-electron chi connectivity index (χ4n) is 13.2. The van der Waals surface area contributed by atoms with Gasteiger partial charge in [-0.25, -0.2) is 4.79 Å². The molecule has 20 N–H and O–H groups in total. The van der Waals surface area contributed by atoms with Gasteiger partial charge in [-0.15, -0.1) is 0 Å². The standard InChI is InChI=1S/C71H83Cl2N9O26/c1-7-48(88)102-15-14-76-71(5)25-49(103-28(4)62(71)93)107-61-59(92)58(91)46(26-83)106-70(61)108-60-44-20-32-21-45(60)105-43-13-10-31(19-37(43)73)57(90)55-68(99)80-53(69(100)101)35-22-33(84)23-41(86)50(35)34-17-29(8-11-40(34)85)51(65(96)82-55)79-66(97)52(32)78-64(95)39(24-47(74)87)77-67(98)54(81-63(94)38(75-6)16-27(2)3)56(89)30-9-12-42(104-44)36(72)18-30/h8-13,17-23,27-28,38-39,46,49,51-59,61-62,70,75-76,83-86,89-93H,7,14-16,24-26H2,1-6H3,(H2,74,87)(H,77,98)(H,78,95)(H,79,97)(H,80,99)(H,81,94)(H,82,96)(H,100,101)/t28-,38+,39-,46+,49-,51+,52+,53+,54+,55-,56+,57+,58+,59-,61+,62+,70-,71-/m0/s1. The van der Waals surface area contributed by atoms with E-state index >= 15 is 14.4 Å². The second-order valence-corrected chi connectivity index (χ2v) is 27.9. The molecule has 108 heavy (non-hydrogen) atoms. The highest BCUT2D eigenvalue weighted by Crippen LogP contribution is 2.50. The molecule has 18 atom stereocenters. The number of aliphatic hydroxyl groups is 6. The van der Waals surface area contributed by atoms with Gasteiger partial charge in [0.2, 0.25) is 53.4 Å². The maximum atomic E-state index is 16.1. The van der Waals surface area contributed by atoms with Gasteiger partial charge in [0.05, 0.1) is 41.3 Å². The monoisotopic (exact) mass is 1550 g/mol. The number of primary amides is 1. The number of hydrogen-bond acceptors (Lipinski definition) is 27. The van der Waals surface area contributed by atoms with Crippen molar-refractivity contribution in [1.82, 2.24) is 42.5 Å². The molecule has 12 rings (SSSR count). The number of fused-ring (bicyclic) bond motifs is 15. The smallest absolute Gasteiger partial charge is 0.330 e. The van der Waals surface area contributed by atoms with Crippen molar-refractivity contribution in [2.45, 2.75) is 170 Å². The van der Waals surface area contributed by atoms with E-state index in [0.717, 1.165) is 66.7 Å². The number of nitrogens with one attached hydrogen (secondary N) is 8. The first-order valence-corrected chi connectivity index (χ1v) is 34.9. The Balaban J connectivity index is 1.22. The molecule has 5 aromatic rings. The summed E-state index contributed by atoms with van der Waals surface area (Å²) in [6.07, 6.45) is -18.8. The van der Waals surface area contributed by atoms with Crippen molar-refractivity contribution in [3.05, 3.63) is 117 Å². The van der Waals surface area contributed by atoms with E-state index in [9.17, 15) is 79.8 Å². The normalized spacial score (nSPS) is 28.2. The van der Waals surface area contributed by atoms with Gasteiger partial charge >= 0.3 is 11.9 Å². The fraction of sp³-hybridized carbons (Fsp3) is 0.451. The number of benzene rings is 5. The first-order chi connectivity index (χ1) is 51.1. The van der Waals surface area contributed by atoms with Crippen LogP contribution in [0.5, 0.6) is 46.0 Å². The van der Waals surface area contributed by atoms with Gasteiger partial charge in [0.1, 0.15) is 96.1 Å². The number of rotatable bonds is 18. The van der Waals surface area contributed by atoms with Gasteiger partial charge in [0.25, 0.3) is 0 Å². The number of phenols is 3. The number of phenolic OH excluding ortho intramolecular Hbond substituents is 3. The Labute approximate surface area is 625 Å². The summed E-state index contributed by atoms with van der Waals surface area (Å²) in [5, 5.41) is 135.